The molecular weight excluding hydrogens is 236 g/mol. The Morgan fingerprint density at radius 2 is 2.11 bits per heavy atom. The predicted molar refractivity (Wildman–Crippen MR) is 64.3 cm³/mol. The number of aromatic nitrogens is 2. The van der Waals surface area contributed by atoms with Crippen molar-refractivity contribution >= 4 is 23.5 Å². The van der Waals surface area contributed by atoms with Gasteiger partial charge in [-0.2, -0.15) is 0 Å². The van der Waals surface area contributed by atoms with Gasteiger partial charge < -0.3 is 10.7 Å². The molecule has 1 saturated heterocycles. The standard InChI is InChI=1S/C10H14N6O2/c1-16-9(17)3-2-6(10(16)18)14-7-4-8(15-11)13-5-12-7/h4-6H,2-3,11H2,1H3,(H2,12,13,14,15). The highest BCUT2D eigenvalue weighted by atomic mass is 16.2. The number of piperidine rings is 1. The minimum atomic E-state index is -0.451. The van der Waals surface area contributed by atoms with Gasteiger partial charge in [0.15, 0.2) is 0 Å². The molecule has 2 amide bonds. The Bertz CT molecular complexity index is 477. The Balaban J connectivity index is 2.09. The van der Waals surface area contributed by atoms with Crippen LogP contribution in [0.4, 0.5) is 11.6 Å². The van der Waals surface area contributed by atoms with Crippen LogP contribution in [0.15, 0.2) is 12.4 Å². The van der Waals surface area contributed by atoms with E-state index in [0.717, 1.165) is 4.90 Å². The largest absolute Gasteiger partial charge is 0.358 e. The van der Waals surface area contributed by atoms with Crippen LogP contribution in [0.2, 0.25) is 0 Å². The number of hydrogen-bond donors (Lipinski definition) is 3. The van der Waals surface area contributed by atoms with E-state index >= 15 is 0 Å². The van der Waals surface area contributed by atoms with Crippen molar-refractivity contribution in [3.05, 3.63) is 12.4 Å². The number of nitrogen functional groups attached to an aromatic ring is 1. The third-order valence-electron chi connectivity index (χ3n) is 2.79. The van der Waals surface area contributed by atoms with E-state index in [-0.39, 0.29) is 11.8 Å². The number of likely N-dealkylation sites (tertiary alicyclic amines) is 1. The number of hydrogen-bond acceptors (Lipinski definition) is 7. The quantitative estimate of drug-likeness (QED) is 0.370. The number of hydrazine groups is 1. The van der Waals surface area contributed by atoms with E-state index in [2.05, 4.69) is 20.7 Å². The molecule has 8 nitrogen and oxygen atoms in total. The van der Waals surface area contributed by atoms with E-state index in [1.54, 1.807) is 6.07 Å². The van der Waals surface area contributed by atoms with Crippen LogP contribution in [-0.4, -0.2) is 39.8 Å². The second-order valence-electron chi connectivity index (χ2n) is 3.96. The summed E-state index contributed by atoms with van der Waals surface area (Å²) in [7, 11) is 1.48. The zero-order valence-electron chi connectivity index (χ0n) is 9.88. The number of nitrogens with zero attached hydrogens (tertiary/aromatic N) is 3. The summed E-state index contributed by atoms with van der Waals surface area (Å²) >= 11 is 0. The average Bonchev–Trinajstić information content (AvgIpc) is 2.40. The molecular formula is C10H14N6O2. The van der Waals surface area contributed by atoms with Gasteiger partial charge >= 0.3 is 0 Å². The highest BCUT2D eigenvalue weighted by Gasteiger charge is 2.31. The van der Waals surface area contributed by atoms with Crippen LogP contribution in [0.25, 0.3) is 0 Å². The molecule has 0 saturated carbocycles. The Hall–Kier alpha value is -2.22. The second-order valence-corrected chi connectivity index (χ2v) is 3.96. The fraction of sp³-hybridized carbons (Fsp3) is 0.400. The molecule has 1 aromatic rings. The van der Waals surface area contributed by atoms with Gasteiger partial charge in [-0.15, -0.1) is 0 Å². The highest BCUT2D eigenvalue weighted by Crippen LogP contribution is 2.16. The van der Waals surface area contributed by atoms with Gasteiger partial charge in [0.05, 0.1) is 0 Å². The van der Waals surface area contributed by atoms with Crippen molar-refractivity contribution in [3.63, 3.8) is 0 Å². The van der Waals surface area contributed by atoms with Gasteiger partial charge in [0.25, 0.3) is 5.91 Å². The van der Waals surface area contributed by atoms with E-state index in [9.17, 15) is 9.59 Å². The molecule has 18 heavy (non-hydrogen) atoms. The summed E-state index contributed by atoms with van der Waals surface area (Å²) in [6, 6.07) is 1.14. The smallest absolute Gasteiger partial charge is 0.251 e. The molecule has 2 rings (SSSR count). The van der Waals surface area contributed by atoms with Gasteiger partial charge in [0.2, 0.25) is 5.91 Å². The van der Waals surface area contributed by atoms with Crippen molar-refractivity contribution in [2.45, 2.75) is 18.9 Å². The van der Waals surface area contributed by atoms with Gasteiger partial charge in [-0.1, -0.05) is 0 Å². The summed E-state index contributed by atoms with van der Waals surface area (Å²) in [4.78, 5) is 32.2. The number of likely N-dealkylation sites (N-methyl/N-ethyl adjacent to an activating group) is 1. The fourth-order valence-corrected chi connectivity index (χ4v) is 1.74. The first-order valence-electron chi connectivity index (χ1n) is 5.47. The molecule has 0 spiro atoms. The number of rotatable bonds is 3. The minimum absolute atomic E-state index is 0.162. The van der Waals surface area contributed by atoms with Crippen molar-refractivity contribution in [1.82, 2.24) is 14.9 Å². The lowest BCUT2D eigenvalue weighted by atomic mass is 10.0. The fourth-order valence-electron chi connectivity index (χ4n) is 1.74. The third-order valence-corrected chi connectivity index (χ3v) is 2.79. The minimum Gasteiger partial charge on any atom is -0.358 e. The molecule has 0 aromatic carbocycles. The Kier molecular flexibility index (Phi) is 3.38. The molecule has 0 aliphatic carbocycles. The Labute approximate surface area is 104 Å². The van der Waals surface area contributed by atoms with Crippen LogP contribution >= 0.6 is 0 Å². The molecule has 1 aliphatic rings. The summed E-state index contributed by atoms with van der Waals surface area (Å²) in [5.41, 5.74) is 2.39. The second kappa shape index (κ2) is 4.96. The molecule has 1 aromatic heterocycles. The van der Waals surface area contributed by atoms with Crippen molar-refractivity contribution in [2.24, 2.45) is 5.84 Å². The summed E-state index contributed by atoms with van der Waals surface area (Å²) in [5, 5.41) is 2.97. The van der Waals surface area contributed by atoms with Crippen LogP contribution in [0.1, 0.15) is 12.8 Å². The van der Waals surface area contributed by atoms with E-state index in [1.807, 2.05) is 0 Å². The number of nitrogens with two attached hydrogens (primary N) is 1. The maximum Gasteiger partial charge on any atom is 0.251 e. The first kappa shape index (κ1) is 12.2. The molecule has 4 N–H and O–H groups in total. The topological polar surface area (TPSA) is 113 Å². The first-order chi connectivity index (χ1) is 8.61. The number of anilines is 2. The lowest BCUT2D eigenvalue weighted by molar-refractivity contribution is -0.146. The number of imide groups is 1. The van der Waals surface area contributed by atoms with Gasteiger partial charge in [-0.25, -0.2) is 15.8 Å². The highest BCUT2D eigenvalue weighted by molar-refractivity contribution is 6.01. The van der Waals surface area contributed by atoms with Crippen molar-refractivity contribution < 1.29 is 9.59 Å². The first-order valence-corrected chi connectivity index (χ1v) is 5.47. The van der Waals surface area contributed by atoms with Gasteiger partial charge in [-0.3, -0.25) is 14.5 Å². The molecule has 2 heterocycles. The van der Waals surface area contributed by atoms with E-state index in [4.69, 9.17) is 5.84 Å². The van der Waals surface area contributed by atoms with Gasteiger partial charge in [-0.05, 0) is 6.42 Å². The number of nitrogens with one attached hydrogen (secondary N) is 2. The zero-order chi connectivity index (χ0) is 13.1. The van der Waals surface area contributed by atoms with Crippen LogP contribution < -0.4 is 16.6 Å². The van der Waals surface area contributed by atoms with Gasteiger partial charge in [0, 0.05) is 19.5 Å². The number of amides is 2. The van der Waals surface area contributed by atoms with Crippen molar-refractivity contribution in [3.8, 4) is 0 Å². The van der Waals surface area contributed by atoms with Gasteiger partial charge in [0.1, 0.15) is 24.0 Å². The molecule has 1 atom stereocenters. The molecule has 8 heteroatoms. The summed E-state index contributed by atoms with van der Waals surface area (Å²) in [6.45, 7) is 0. The normalized spacial score (nSPS) is 19.9. The maximum atomic E-state index is 11.9. The van der Waals surface area contributed by atoms with E-state index in [0.29, 0.717) is 24.5 Å². The van der Waals surface area contributed by atoms with Crippen LogP contribution in [-0.2, 0) is 9.59 Å². The Morgan fingerprint density at radius 3 is 2.83 bits per heavy atom. The van der Waals surface area contributed by atoms with Crippen LogP contribution in [0, 0.1) is 0 Å². The summed E-state index contributed by atoms with van der Waals surface area (Å²) < 4.78 is 0. The van der Waals surface area contributed by atoms with E-state index < -0.39 is 6.04 Å². The van der Waals surface area contributed by atoms with E-state index in [1.165, 1.54) is 13.4 Å². The molecule has 1 unspecified atom stereocenters. The maximum absolute atomic E-state index is 11.9. The lowest BCUT2D eigenvalue weighted by Crippen LogP contribution is -2.48. The summed E-state index contributed by atoms with van der Waals surface area (Å²) in [5.74, 6) is 5.74. The number of carbonyl (C=O) groups is 2. The average molecular weight is 250 g/mol. The monoisotopic (exact) mass is 250 g/mol. The van der Waals surface area contributed by atoms with Crippen LogP contribution in [0.5, 0.6) is 0 Å². The summed E-state index contributed by atoms with van der Waals surface area (Å²) in [6.07, 6.45) is 2.13. The molecule has 96 valence electrons. The van der Waals surface area contributed by atoms with Crippen LogP contribution in [0.3, 0.4) is 0 Å². The van der Waals surface area contributed by atoms with Crippen molar-refractivity contribution in [1.29, 1.82) is 0 Å². The molecule has 1 aliphatic heterocycles. The predicted octanol–water partition coefficient (Wildman–Crippen LogP) is -0.678. The molecule has 0 radical (unpaired) electrons. The Morgan fingerprint density at radius 1 is 1.39 bits per heavy atom. The number of carbonyl (C=O) groups excluding carboxylic acids is 2. The lowest BCUT2D eigenvalue weighted by Gasteiger charge is -2.28. The third kappa shape index (κ3) is 2.38. The zero-order valence-corrected chi connectivity index (χ0v) is 9.88. The van der Waals surface area contributed by atoms with Crippen molar-refractivity contribution in [2.75, 3.05) is 17.8 Å². The SMILES string of the molecule is CN1C(=O)CCC(Nc2cc(NN)ncn2)C1=O. The molecule has 0 bridgehead atoms. The molecule has 1 fully saturated rings.